The number of hydrogen-bond donors (Lipinski definition) is 1. The summed E-state index contributed by atoms with van der Waals surface area (Å²) in [5.74, 6) is 0.355. The summed E-state index contributed by atoms with van der Waals surface area (Å²) < 4.78 is 0. The van der Waals surface area contributed by atoms with Crippen LogP contribution in [0.1, 0.15) is 10.6 Å². The first-order valence-electron chi connectivity index (χ1n) is 5.36. The van der Waals surface area contributed by atoms with E-state index in [4.69, 9.17) is 0 Å². The molecule has 0 aliphatic heterocycles. The van der Waals surface area contributed by atoms with Crippen molar-refractivity contribution in [3.8, 4) is 11.3 Å². The summed E-state index contributed by atoms with van der Waals surface area (Å²) in [5.41, 5.74) is 1.89. The maximum absolute atomic E-state index is 10.6. The molecule has 0 amide bonds. The van der Waals surface area contributed by atoms with Gasteiger partial charge in [-0.15, -0.1) is 0 Å². The zero-order valence-corrected chi connectivity index (χ0v) is 9.05. The molecule has 0 unspecified atom stereocenters. The molecule has 82 valence electrons. The molecule has 0 saturated heterocycles. The van der Waals surface area contributed by atoms with Gasteiger partial charge in [-0.25, -0.2) is 4.98 Å². The van der Waals surface area contributed by atoms with E-state index in [1.54, 1.807) is 6.20 Å². The van der Waals surface area contributed by atoms with Crippen molar-refractivity contribution in [2.24, 2.45) is 0 Å². The summed E-state index contributed by atoms with van der Waals surface area (Å²) in [5, 5.41) is 2.37. The van der Waals surface area contributed by atoms with E-state index >= 15 is 0 Å². The molecule has 1 heterocycles. The van der Waals surface area contributed by atoms with Crippen molar-refractivity contribution in [1.82, 2.24) is 9.97 Å². The standard InChI is InChI=1S/C14H10N2O/c17-9-14-15-8-13(16-14)12-6-5-10-3-1-2-4-11(10)7-12/h1-9H,(H,15,16). The molecule has 0 atom stereocenters. The average molecular weight is 222 g/mol. The van der Waals surface area contributed by atoms with Crippen LogP contribution in [0, 0.1) is 0 Å². The van der Waals surface area contributed by atoms with Crippen molar-refractivity contribution in [2.45, 2.75) is 0 Å². The van der Waals surface area contributed by atoms with E-state index in [0.29, 0.717) is 12.1 Å². The molecule has 0 saturated carbocycles. The Labute approximate surface area is 98.1 Å². The highest BCUT2D eigenvalue weighted by molar-refractivity contribution is 5.87. The number of fused-ring (bicyclic) bond motifs is 1. The number of aromatic amines is 1. The molecular formula is C14H10N2O. The number of rotatable bonds is 2. The fourth-order valence-corrected chi connectivity index (χ4v) is 1.90. The zero-order chi connectivity index (χ0) is 11.7. The lowest BCUT2D eigenvalue weighted by atomic mass is 10.1. The van der Waals surface area contributed by atoms with Crippen molar-refractivity contribution in [1.29, 1.82) is 0 Å². The maximum Gasteiger partial charge on any atom is 0.185 e. The van der Waals surface area contributed by atoms with Crippen LogP contribution >= 0.6 is 0 Å². The van der Waals surface area contributed by atoms with E-state index in [9.17, 15) is 4.79 Å². The summed E-state index contributed by atoms with van der Waals surface area (Å²) in [6.07, 6.45) is 2.39. The summed E-state index contributed by atoms with van der Waals surface area (Å²) in [6.45, 7) is 0. The van der Waals surface area contributed by atoms with Gasteiger partial charge in [-0.2, -0.15) is 0 Å². The van der Waals surface area contributed by atoms with Crippen LogP contribution in [-0.4, -0.2) is 16.3 Å². The summed E-state index contributed by atoms with van der Waals surface area (Å²) in [4.78, 5) is 17.5. The Morgan fingerprint density at radius 2 is 1.88 bits per heavy atom. The molecule has 3 rings (SSSR count). The van der Waals surface area contributed by atoms with Gasteiger partial charge in [0.2, 0.25) is 0 Å². The Kier molecular flexibility index (Phi) is 2.22. The molecule has 0 aliphatic rings. The summed E-state index contributed by atoms with van der Waals surface area (Å²) in [6, 6.07) is 14.3. The lowest BCUT2D eigenvalue weighted by molar-refractivity contribution is 0.111. The molecule has 3 nitrogen and oxygen atoms in total. The molecule has 0 aliphatic carbocycles. The Morgan fingerprint density at radius 3 is 2.65 bits per heavy atom. The van der Waals surface area contributed by atoms with Gasteiger partial charge in [-0.1, -0.05) is 36.4 Å². The van der Waals surface area contributed by atoms with Crippen LogP contribution in [0.4, 0.5) is 0 Å². The quantitative estimate of drug-likeness (QED) is 0.677. The van der Waals surface area contributed by atoms with Gasteiger partial charge in [0.25, 0.3) is 0 Å². The van der Waals surface area contributed by atoms with Gasteiger partial charge in [0.15, 0.2) is 12.1 Å². The second-order valence-corrected chi connectivity index (χ2v) is 3.86. The van der Waals surface area contributed by atoms with Gasteiger partial charge in [0, 0.05) is 5.56 Å². The predicted molar refractivity (Wildman–Crippen MR) is 66.9 cm³/mol. The first-order chi connectivity index (χ1) is 8.36. The van der Waals surface area contributed by atoms with Gasteiger partial charge in [0.1, 0.15) is 0 Å². The second kappa shape index (κ2) is 3.87. The molecule has 2 aromatic carbocycles. The summed E-state index contributed by atoms with van der Waals surface area (Å²) >= 11 is 0. The predicted octanol–water partition coefficient (Wildman–Crippen LogP) is 3.04. The fraction of sp³-hybridized carbons (Fsp3) is 0. The van der Waals surface area contributed by atoms with Gasteiger partial charge in [0.05, 0.1) is 11.9 Å². The number of hydrogen-bond acceptors (Lipinski definition) is 2. The number of nitrogens with zero attached hydrogens (tertiary/aromatic N) is 1. The van der Waals surface area contributed by atoms with Crippen molar-refractivity contribution in [3.05, 3.63) is 54.5 Å². The monoisotopic (exact) mass is 222 g/mol. The number of carbonyl (C=O) groups excluding carboxylic acids is 1. The SMILES string of the molecule is O=Cc1ncc(-c2ccc3ccccc3c2)[nH]1. The highest BCUT2D eigenvalue weighted by Gasteiger charge is 2.03. The van der Waals surface area contributed by atoms with E-state index in [1.807, 2.05) is 18.2 Å². The Hall–Kier alpha value is -2.42. The molecule has 0 fully saturated rings. The Balaban J connectivity index is 2.14. The van der Waals surface area contributed by atoms with Gasteiger partial charge < -0.3 is 4.98 Å². The first kappa shape index (κ1) is 9.78. The number of benzene rings is 2. The minimum atomic E-state index is 0.355. The number of aromatic nitrogens is 2. The third kappa shape index (κ3) is 1.72. The number of H-pyrrole nitrogens is 1. The van der Waals surface area contributed by atoms with Crippen molar-refractivity contribution in [3.63, 3.8) is 0 Å². The lowest BCUT2D eigenvalue weighted by Crippen LogP contribution is -1.82. The Morgan fingerprint density at radius 1 is 1.06 bits per heavy atom. The number of aldehydes is 1. The van der Waals surface area contributed by atoms with Crippen LogP contribution in [-0.2, 0) is 0 Å². The molecular weight excluding hydrogens is 212 g/mol. The van der Waals surface area contributed by atoms with Crippen molar-refractivity contribution < 1.29 is 4.79 Å². The molecule has 3 aromatic rings. The number of nitrogens with one attached hydrogen (secondary N) is 1. The van der Waals surface area contributed by atoms with E-state index < -0.39 is 0 Å². The summed E-state index contributed by atoms with van der Waals surface area (Å²) in [7, 11) is 0. The van der Waals surface area contributed by atoms with Gasteiger partial charge >= 0.3 is 0 Å². The van der Waals surface area contributed by atoms with E-state index in [1.165, 1.54) is 10.8 Å². The first-order valence-corrected chi connectivity index (χ1v) is 5.36. The molecule has 1 N–H and O–H groups in total. The molecule has 1 aromatic heterocycles. The highest BCUT2D eigenvalue weighted by Crippen LogP contribution is 2.22. The number of imidazole rings is 1. The molecule has 0 bridgehead atoms. The topological polar surface area (TPSA) is 45.8 Å². The normalized spacial score (nSPS) is 10.6. The third-order valence-corrected chi connectivity index (χ3v) is 2.77. The van der Waals surface area contributed by atoms with Crippen LogP contribution in [0.15, 0.2) is 48.7 Å². The van der Waals surface area contributed by atoms with E-state index in [-0.39, 0.29) is 0 Å². The lowest BCUT2D eigenvalue weighted by Gasteiger charge is -2.01. The van der Waals surface area contributed by atoms with Crippen LogP contribution in [0.5, 0.6) is 0 Å². The van der Waals surface area contributed by atoms with Crippen LogP contribution in [0.25, 0.3) is 22.0 Å². The zero-order valence-electron chi connectivity index (χ0n) is 9.05. The Bertz CT molecular complexity index is 685. The van der Waals surface area contributed by atoms with Gasteiger partial charge in [-0.05, 0) is 16.8 Å². The minimum absolute atomic E-state index is 0.355. The number of carbonyl (C=O) groups is 1. The third-order valence-electron chi connectivity index (χ3n) is 2.77. The van der Waals surface area contributed by atoms with Crippen molar-refractivity contribution in [2.75, 3.05) is 0 Å². The maximum atomic E-state index is 10.6. The second-order valence-electron chi connectivity index (χ2n) is 3.86. The highest BCUT2D eigenvalue weighted by atomic mass is 16.1. The smallest absolute Gasteiger partial charge is 0.185 e. The van der Waals surface area contributed by atoms with Crippen molar-refractivity contribution >= 4 is 17.1 Å². The van der Waals surface area contributed by atoms with Crippen LogP contribution < -0.4 is 0 Å². The minimum Gasteiger partial charge on any atom is -0.336 e. The fourth-order valence-electron chi connectivity index (χ4n) is 1.90. The molecule has 17 heavy (non-hydrogen) atoms. The van der Waals surface area contributed by atoms with Crippen LogP contribution in [0.2, 0.25) is 0 Å². The molecule has 0 spiro atoms. The largest absolute Gasteiger partial charge is 0.336 e. The van der Waals surface area contributed by atoms with Crippen LogP contribution in [0.3, 0.4) is 0 Å². The van der Waals surface area contributed by atoms with E-state index in [0.717, 1.165) is 11.3 Å². The molecule has 0 radical (unpaired) electrons. The average Bonchev–Trinajstić information content (AvgIpc) is 2.87. The molecule has 3 heteroatoms. The van der Waals surface area contributed by atoms with E-state index in [2.05, 4.69) is 34.2 Å². The van der Waals surface area contributed by atoms with Gasteiger partial charge in [-0.3, -0.25) is 4.79 Å².